The van der Waals surface area contributed by atoms with Crippen LogP contribution in [0.5, 0.6) is 0 Å². The van der Waals surface area contributed by atoms with Crippen LogP contribution in [0.1, 0.15) is 24.1 Å². The number of para-hydroxylation sites is 1. The van der Waals surface area contributed by atoms with Gasteiger partial charge < -0.3 is 0 Å². The van der Waals surface area contributed by atoms with Crippen molar-refractivity contribution in [1.29, 1.82) is 0 Å². The Bertz CT molecular complexity index is 1120. The highest BCUT2D eigenvalue weighted by Gasteiger charge is 2.60. The fourth-order valence-electron chi connectivity index (χ4n) is 4.35. The molecule has 0 spiro atoms. The second-order valence-electron chi connectivity index (χ2n) is 7.74. The maximum Gasteiger partial charge on any atom is 0.266 e. The molecule has 31 heavy (non-hydrogen) atoms. The Labute approximate surface area is 179 Å². The fraction of sp³-hybridized carbons (Fsp3) is 0.200. The number of halogens is 1. The molecule has 0 radical (unpaired) electrons. The van der Waals surface area contributed by atoms with Gasteiger partial charge in [0.2, 0.25) is 5.91 Å². The van der Waals surface area contributed by atoms with Crippen molar-refractivity contribution < 1.29 is 18.8 Å². The lowest BCUT2D eigenvalue weighted by atomic mass is 9.90. The number of carbonyl (C=O) groups excluding carboxylic acids is 2. The highest BCUT2D eigenvalue weighted by Crippen LogP contribution is 2.47. The topological polar surface area (TPSA) is 49.9 Å². The SMILES string of the molecule is CCc1ccc(N2C(=O)[C@@H]3[C@H](ON(c4ccccc4)[C@@H]3c3ccc(F)cc3)C2=O)cc1. The van der Waals surface area contributed by atoms with Crippen LogP contribution in [0.3, 0.4) is 0 Å². The van der Waals surface area contributed by atoms with Crippen molar-refractivity contribution in [3.8, 4) is 0 Å². The zero-order valence-electron chi connectivity index (χ0n) is 16.9. The molecule has 3 atom stereocenters. The smallest absolute Gasteiger partial charge is 0.266 e. The third-order valence-corrected chi connectivity index (χ3v) is 5.94. The molecule has 3 aromatic carbocycles. The molecule has 0 unspecified atom stereocenters. The first kappa shape index (κ1) is 19.5. The molecule has 0 aromatic heterocycles. The molecular formula is C25H21FN2O3. The number of hydrogen-bond acceptors (Lipinski definition) is 4. The van der Waals surface area contributed by atoms with Gasteiger partial charge in [-0.15, -0.1) is 0 Å². The number of nitrogens with zero attached hydrogens (tertiary/aromatic N) is 2. The number of amides is 2. The van der Waals surface area contributed by atoms with E-state index in [4.69, 9.17) is 4.84 Å². The highest BCUT2D eigenvalue weighted by atomic mass is 19.1. The van der Waals surface area contributed by atoms with E-state index in [9.17, 15) is 14.0 Å². The number of imide groups is 1. The highest BCUT2D eigenvalue weighted by molar-refractivity contribution is 6.23. The first-order valence-electron chi connectivity index (χ1n) is 10.3. The number of carbonyl (C=O) groups is 2. The van der Waals surface area contributed by atoms with Crippen LogP contribution in [0.2, 0.25) is 0 Å². The molecule has 6 heteroatoms. The number of benzene rings is 3. The number of rotatable bonds is 4. The van der Waals surface area contributed by atoms with Gasteiger partial charge in [-0.3, -0.25) is 14.4 Å². The Morgan fingerprint density at radius 2 is 1.52 bits per heavy atom. The average molecular weight is 416 g/mol. The van der Waals surface area contributed by atoms with E-state index in [1.807, 2.05) is 49.4 Å². The largest absolute Gasteiger partial charge is 0.273 e. The molecule has 0 aliphatic carbocycles. The van der Waals surface area contributed by atoms with Crippen LogP contribution in [-0.4, -0.2) is 17.9 Å². The average Bonchev–Trinajstić information content (AvgIpc) is 3.31. The maximum atomic E-state index is 13.6. The normalized spacial score (nSPS) is 22.8. The minimum absolute atomic E-state index is 0.313. The Morgan fingerprint density at radius 1 is 0.839 bits per heavy atom. The van der Waals surface area contributed by atoms with Crippen molar-refractivity contribution in [2.45, 2.75) is 25.5 Å². The third-order valence-electron chi connectivity index (χ3n) is 5.94. The van der Waals surface area contributed by atoms with Crippen LogP contribution in [0, 0.1) is 11.7 Å². The van der Waals surface area contributed by atoms with Gasteiger partial charge in [-0.2, -0.15) is 0 Å². The molecule has 0 bridgehead atoms. The lowest BCUT2D eigenvalue weighted by Gasteiger charge is -2.28. The van der Waals surface area contributed by atoms with E-state index < -0.39 is 18.1 Å². The van der Waals surface area contributed by atoms with Crippen molar-refractivity contribution >= 4 is 23.2 Å². The second-order valence-corrected chi connectivity index (χ2v) is 7.74. The van der Waals surface area contributed by atoms with Crippen molar-refractivity contribution in [3.05, 3.63) is 95.8 Å². The van der Waals surface area contributed by atoms with Gasteiger partial charge in [0, 0.05) is 0 Å². The van der Waals surface area contributed by atoms with E-state index in [0.29, 0.717) is 11.3 Å². The molecule has 3 aromatic rings. The van der Waals surface area contributed by atoms with Gasteiger partial charge in [-0.1, -0.05) is 49.4 Å². The summed E-state index contributed by atoms with van der Waals surface area (Å²) in [6.45, 7) is 2.05. The minimum Gasteiger partial charge on any atom is -0.273 e. The van der Waals surface area contributed by atoms with E-state index in [1.54, 1.807) is 29.3 Å². The van der Waals surface area contributed by atoms with E-state index in [-0.39, 0.29) is 17.6 Å². The second kappa shape index (κ2) is 7.63. The fourth-order valence-corrected chi connectivity index (χ4v) is 4.35. The van der Waals surface area contributed by atoms with Crippen molar-refractivity contribution in [2.24, 2.45) is 5.92 Å². The summed E-state index contributed by atoms with van der Waals surface area (Å²) in [4.78, 5) is 34.0. The number of fused-ring (bicyclic) bond motifs is 1. The minimum atomic E-state index is -0.936. The molecule has 5 rings (SSSR count). The number of aryl methyl sites for hydroxylation is 1. The molecule has 2 saturated heterocycles. The van der Waals surface area contributed by atoms with E-state index in [0.717, 1.165) is 17.7 Å². The Kier molecular flexibility index (Phi) is 4.79. The van der Waals surface area contributed by atoms with Crippen LogP contribution in [0.25, 0.3) is 0 Å². The number of anilines is 2. The summed E-state index contributed by atoms with van der Waals surface area (Å²) in [5, 5.41) is 1.61. The van der Waals surface area contributed by atoms with Crippen LogP contribution < -0.4 is 9.96 Å². The molecule has 156 valence electrons. The van der Waals surface area contributed by atoms with Gasteiger partial charge >= 0.3 is 0 Å². The van der Waals surface area contributed by atoms with E-state index in [2.05, 4.69) is 0 Å². The molecule has 2 heterocycles. The van der Waals surface area contributed by atoms with E-state index >= 15 is 0 Å². The first-order chi connectivity index (χ1) is 15.1. The molecule has 0 saturated carbocycles. The van der Waals surface area contributed by atoms with E-state index in [1.165, 1.54) is 17.0 Å². The van der Waals surface area contributed by atoms with Crippen LogP contribution >= 0.6 is 0 Å². The van der Waals surface area contributed by atoms with Crippen LogP contribution in [-0.2, 0) is 20.8 Å². The van der Waals surface area contributed by atoms with Crippen molar-refractivity contribution in [3.63, 3.8) is 0 Å². The summed E-state index contributed by atoms with van der Waals surface area (Å²) in [5.74, 6) is -1.79. The summed E-state index contributed by atoms with van der Waals surface area (Å²) >= 11 is 0. The summed E-state index contributed by atoms with van der Waals surface area (Å²) < 4.78 is 13.6. The molecule has 5 nitrogen and oxygen atoms in total. The van der Waals surface area contributed by atoms with Gasteiger partial charge in [-0.05, 0) is 53.9 Å². The van der Waals surface area contributed by atoms with Gasteiger partial charge in [0.25, 0.3) is 5.91 Å². The standard InChI is InChI=1S/C25H21FN2O3/c1-2-16-8-14-19(15-9-16)27-24(29)21-22(17-10-12-18(26)13-11-17)28(31-23(21)25(27)30)20-6-4-3-5-7-20/h3-15,21-23H,2H2,1H3/t21-,22+,23-/m0/s1. The van der Waals surface area contributed by atoms with Gasteiger partial charge in [0.1, 0.15) is 11.7 Å². The molecule has 0 N–H and O–H groups in total. The van der Waals surface area contributed by atoms with Gasteiger partial charge in [0.05, 0.1) is 17.4 Å². The predicted octanol–water partition coefficient (Wildman–Crippen LogP) is 4.44. The van der Waals surface area contributed by atoms with Crippen LogP contribution in [0.15, 0.2) is 78.9 Å². The monoisotopic (exact) mass is 416 g/mol. The molecule has 2 amide bonds. The van der Waals surface area contributed by atoms with Gasteiger partial charge in [-0.25, -0.2) is 14.4 Å². The lowest BCUT2D eigenvalue weighted by molar-refractivity contribution is -0.126. The molecule has 2 aliphatic heterocycles. The quantitative estimate of drug-likeness (QED) is 0.590. The zero-order chi connectivity index (χ0) is 21.5. The van der Waals surface area contributed by atoms with Crippen LogP contribution in [0.4, 0.5) is 15.8 Å². The predicted molar refractivity (Wildman–Crippen MR) is 115 cm³/mol. The summed E-state index contributed by atoms with van der Waals surface area (Å²) in [5.41, 5.74) is 3.10. The summed E-state index contributed by atoms with van der Waals surface area (Å²) in [6.07, 6.45) is -0.0662. The van der Waals surface area contributed by atoms with Crippen molar-refractivity contribution in [2.75, 3.05) is 9.96 Å². The molecular weight excluding hydrogens is 395 g/mol. The third kappa shape index (κ3) is 3.20. The Hall–Kier alpha value is -3.51. The Balaban J connectivity index is 1.56. The molecule has 2 aliphatic rings. The van der Waals surface area contributed by atoms with Gasteiger partial charge in [0.15, 0.2) is 6.10 Å². The lowest BCUT2D eigenvalue weighted by Crippen LogP contribution is -2.37. The first-order valence-corrected chi connectivity index (χ1v) is 10.3. The van der Waals surface area contributed by atoms with Crippen molar-refractivity contribution in [1.82, 2.24) is 0 Å². The summed E-state index contributed by atoms with van der Waals surface area (Å²) in [6, 6.07) is 22.2. The maximum absolute atomic E-state index is 13.6. The molecule has 2 fully saturated rings. The number of hydrogen-bond donors (Lipinski definition) is 0. The zero-order valence-corrected chi connectivity index (χ0v) is 16.9. The number of hydroxylamine groups is 1. The Morgan fingerprint density at radius 3 is 2.16 bits per heavy atom. The summed E-state index contributed by atoms with van der Waals surface area (Å²) in [7, 11) is 0.